The van der Waals surface area contributed by atoms with Crippen LogP contribution in [0.4, 0.5) is 4.39 Å². The summed E-state index contributed by atoms with van der Waals surface area (Å²) in [5.74, 6) is 0. The topological polar surface area (TPSA) is 39.9 Å². The Morgan fingerprint density at radius 1 is 1.21 bits per heavy atom. The Kier molecular flexibility index (Phi) is 3.93. The normalized spacial score (nSPS) is 19.9. The lowest BCUT2D eigenvalue weighted by Gasteiger charge is -2.32. The van der Waals surface area contributed by atoms with Crippen molar-refractivity contribution in [3.8, 4) is 0 Å². The summed E-state index contributed by atoms with van der Waals surface area (Å²) in [5.41, 5.74) is 0.948. The van der Waals surface area contributed by atoms with Crippen LogP contribution in [0.25, 0.3) is 11.6 Å². The van der Waals surface area contributed by atoms with Crippen LogP contribution < -0.4 is 0 Å². The molecule has 1 aliphatic rings. The van der Waals surface area contributed by atoms with Crippen LogP contribution >= 0.6 is 0 Å². The minimum Gasteiger partial charge on any atom is -0.398 e. The number of hydrogen-bond acceptors (Lipinski definition) is 3. The summed E-state index contributed by atoms with van der Waals surface area (Å²) in [5, 5.41) is 0. The Morgan fingerprint density at radius 2 is 1.83 bits per heavy atom. The fourth-order valence-corrected chi connectivity index (χ4v) is 2.87. The Bertz CT molecular complexity index is 822. The number of hydrogen-bond donors (Lipinski definition) is 0. The van der Waals surface area contributed by atoms with Gasteiger partial charge in [0.05, 0.1) is 22.4 Å². The predicted octanol–water partition coefficient (Wildman–Crippen LogP) is 4.00. The minimum atomic E-state index is -1.05. The van der Waals surface area contributed by atoms with Crippen molar-refractivity contribution < 1.29 is 18.5 Å². The van der Waals surface area contributed by atoms with Crippen molar-refractivity contribution in [1.29, 1.82) is 0 Å². The van der Waals surface area contributed by atoms with Gasteiger partial charge in [0.25, 0.3) is 0 Å². The van der Waals surface area contributed by atoms with E-state index in [9.17, 15) is 9.18 Å². The van der Waals surface area contributed by atoms with Crippen LogP contribution in [0, 0.1) is 6.92 Å². The van der Waals surface area contributed by atoms with Crippen molar-refractivity contribution in [2.45, 2.75) is 45.8 Å². The molecule has 0 amide bonds. The number of carbonyl (C=O) groups is 1. The molecule has 0 saturated carbocycles. The zero-order valence-corrected chi connectivity index (χ0v) is 14.6. The highest BCUT2D eigenvalue weighted by Crippen LogP contribution is 2.39. The number of aldehydes is 1. The van der Waals surface area contributed by atoms with Crippen molar-refractivity contribution in [3.05, 3.63) is 46.9 Å². The van der Waals surface area contributed by atoms with E-state index < -0.39 is 24.0 Å². The first-order valence-corrected chi connectivity index (χ1v) is 7.95. The fourth-order valence-electron chi connectivity index (χ4n) is 2.87. The Morgan fingerprint density at radius 3 is 2.42 bits per heavy atom. The van der Waals surface area contributed by atoms with Crippen LogP contribution in [0.1, 0.15) is 49.3 Å². The molecule has 126 valence electrons. The van der Waals surface area contributed by atoms with E-state index in [4.69, 9.17) is 9.31 Å². The number of aromatic nitrogens is 1. The molecule has 3 heterocycles. The standard InChI is InChI=1S/C18H21BFNO3/c1-12-13(14-8-6-7-9-21(14)15(12)11-22)10-16(20)19-23-17(2,3)18(4,5)24-19/h6-11H,1-5H3. The van der Waals surface area contributed by atoms with E-state index >= 15 is 0 Å². The van der Waals surface area contributed by atoms with Crippen LogP contribution in [-0.4, -0.2) is 29.0 Å². The summed E-state index contributed by atoms with van der Waals surface area (Å²) in [4.78, 5) is 11.4. The van der Waals surface area contributed by atoms with Gasteiger partial charge in [-0.2, -0.15) is 0 Å². The number of carbonyl (C=O) groups excluding carboxylic acids is 1. The average molecular weight is 329 g/mol. The number of fused-ring (bicyclic) bond motifs is 1. The minimum absolute atomic E-state index is 0.509. The SMILES string of the molecule is Cc1c(C=C(F)B2OC(C)(C)C(C)(C)O2)c2ccccn2c1C=O. The Labute approximate surface area is 141 Å². The lowest BCUT2D eigenvalue weighted by atomic mass is 9.86. The van der Waals surface area contributed by atoms with Gasteiger partial charge in [-0.3, -0.25) is 4.79 Å². The highest BCUT2D eigenvalue weighted by molar-refractivity contribution is 6.54. The number of nitrogens with zero attached hydrogens (tertiary/aromatic N) is 1. The first-order valence-electron chi connectivity index (χ1n) is 7.95. The lowest BCUT2D eigenvalue weighted by Crippen LogP contribution is -2.41. The van der Waals surface area contributed by atoms with Gasteiger partial charge in [-0.25, -0.2) is 4.39 Å². The first kappa shape index (κ1) is 16.9. The molecule has 0 N–H and O–H groups in total. The first-order chi connectivity index (χ1) is 11.2. The molecule has 0 aromatic carbocycles. The molecule has 3 rings (SSSR count). The quantitative estimate of drug-likeness (QED) is 0.631. The number of halogens is 1. The fraction of sp³-hybridized carbons (Fsp3) is 0.389. The zero-order valence-electron chi connectivity index (χ0n) is 14.6. The van der Waals surface area contributed by atoms with Crippen LogP contribution in [0.3, 0.4) is 0 Å². The second-order valence-electron chi connectivity index (χ2n) is 7.12. The molecule has 0 atom stereocenters. The van der Waals surface area contributed by atoms with Crippen LogP contribution in [-0.2, 0) is 9.31 Å². The van der Waals surface area contributed by atoms with E-state index in [2.05, 4.69) is 0 Å². The van der Waals surface area contributed by atoms with Gasteiger partial charge in [0.15, 0.2) is 6.29 Å². The summed E-state index contributed by atoms with van der Waals surface area (Å²) in [6, 6.07) is 5.54. The molecular weight excluding hydrogens is 308 g/mol. The van der Waals surface area contributed by atoms with Gasteiger partial charge in [0.1, 0.15) is 5.73 Å². The van der Waals surface area contributed by atoms with Gasteiger partial charge in [0.2, 0.25) is 0 Å². The number of pyridine rings is 1. The van der Waals surface area contributed by atoms with Crippen LogP contribution in [0.5, 0.6) is 0 Å². The van der Waals surface area contributed by atoms with Gasteiger partial charge < -0.3 is 13.7 Å². The van der Waals surface area contributed by atoms with Gasteiger partial charge in [-0.15, -0.1) is 0 Å². The molecule has 0 bridgehead atoms. The van der Waals surface area contributed by atoms with E-state index in [0.717, 1.165) is 17.4 Å². The van der Waals surface area contributed by atoms with Crippen molar-refractivity contribution in [1.82, 2.24) is 4.40 Å². The summed E-state index contributed by atoms with van der Waals surface area (Å²) >= 11 is 0. The molecule has 1 fully saturated rings. The third-order valence-electron chi connectivity index (χ3n) is 5.06. The lowest BCUT2D eigenvalue weighted by molar-refractivity contribution is 0.00578. The van der Waals surface area contributed by atoms with Crippen molar-refractivity contribution in [2.75, 3.05) is 0 Å². The molecule has 0 radical (unpaired) electrons. The van der Waals surface area contributed by atoms with E-state index in [1.165, 1.54) is 6.08 Å². The molecule has 6 heteroatoms. The highest BCUT2D eigenvalue weighted by Gasteiger charge is 2.53. The Hall–Kier alpha value is -1.92. The summed E-state index contributed by atoms with van der Waals surface area (Å²) in [7, 11) is -1.05. The third-order valence-corrected chi connectivity index (χ3v) is 5.06. The highest BCUT2D eigenvalue weighted by atomic mass is 19.1. The van der Waals surface area contributed by atoms with Crippen molar-refractivity contribution >= 4 is 25.0 Å². The molecular formula is C18H21BFNO3. The second kappa shape index (κ2) is 5.57. The van der Waals surface area contributed by atoms with Crippen LogP contribution in [0.15, 0.2) is 30.1 Å². The maximum atomic E-state index is 14.8. The Balaban J connectivity index is 2.05. The molecule has 1 aliphatic heterocycles. The van der Waals surface area contributed by atoms with Gasteiger partial charge in [-0.05, 0) is 58.4 Å². The second-order valence-corrected chi connectivity index (χ2v) is 7.12. The van der Waals surface area contributed by atoms with Crippen LogP contribution in [0.2, 0.25) is 0 Å². The van der Waals surface area contributed by atoms with E-state index in [0.29, 0.717) is 11.3 Å². The largest absolute Gasteiger partial charge is 0.525 e. The molecule has 4 nitrogen and oxygen atoms in total. The predicted molar refractivity (Wildman–Crippen MR) is 92.7 cm³/mol. The molecule has 24 heavy (non-hydrogen) atoms. The van der Waals surface area contributed by atoms with Gasteiger partial charge >= 0.3 is 7.12 Å². The van der Waals surface area contributed by atoms with Gasteiger partial charge in [-0.1, -0.05) is 6.07 Å². The monoisotopic (exact) mass is 329 g/mol. The maximum absolute atomic E-state index is 14.8. The summed E-state index contributed by atoms with van der Waals surface area (Å²) in [6.07, 6.45) is 3.97. The average Bonchev–Trinajstić information content (AvgIpc) is 2.90. The van der Waals surface area contributed by atoms with Crippen molar-refractivity contribution in [3.63, 3.8) is 0 Å². The molecule has 0 spiro atoms. The van der Waals surface area contributed by atoms with E-state index in [1.54, 1.807) is 17.5 Å². The number of rotatable bonds is 3. The molecule has 0 aliphatic carbocycles. The molecule has 2 aromatic rings. The van der Waals surface area contributed by atoms with Gasteiger partial charge in [0, 0.05) is 11.8 Å². The summed E-state index contributed by atoms with van der Waals surface area (Å²) in [6.45, 7) is 9.32. The third kappa shape index (κ3) is 2.50. The van der Waals surface area contributed by atoms with E-state index in [1.807, 2.05) is 45.9 Å². The van der Waals surface area contributed by atoms with E-state index in [-0.39, 0.29) is 0 Å². The summed E-state index contributed by atoms with van der Waals surface area (Å²) < 4.78 is 28.1. The smallest absolute Gasteiger partial charge is 0.398 e. The molecule has 2 aromatic heterocycles. The molecule has 1 saturated heterocycles. The van der Waals surface area contributed by atoms with Crippen molar-refractivity contribution in [2.24, 2.45) is 0 Å². The maximum Gasteiger partial charge on any atom is 0.525 e. The molecule has 0 unspecified atom stereocenters. The zero-order chi connectivity index (χ0) is 17.7.